The van der Waals surface area contributed by atoms with Crippen LogP contribution in [0.2, 0.25) is 0 Å². The maximum atomic E-state index is 13.5. The Balaban J connectivity index is 1.40. The van der Waals surface area contributed by atoms with Gasteiger partial charge in [0.1, 0.15) is 6.10 Å². The molecule has 1 aromatic heterocycles. The quantitative estimate of drug-likeness (QED) is 0.537. The molecule has 1 N–H and O–H groups in total. The summed E-state index contributed by atoms with van der Waals surface area (Å²) >= 11 is 0. The molecule has 5 rings (SSSR count). The molecule has 0 bridgehead atoms. The van der Waals surface area contributed by atoms with Crippen LogP contribution >= 0.6 is 0 Å². The van der Waals surface area contributed by atoms with Crippen molar-refractivity contribution in [2.75, 3.05) is 27.2 Å². The lowest BCUT2D eigenvalue weighted by molar-refractivity contribution is -0.170. The lowest BCUT2D eigenvalue weighted by Gasteiger charge is -2.52. The van der Waals surface area contributed by atoms with E-state index in [-0.39, 0.29) is 30.0 Å². The minimum atomic E-state index is -1.18. The van der Waals surface area contributed by atoms with Crippen molar-refractivity contribution in [1.82, 2.24) is 14.4 Å². The van der Waals surface area contributed by atoms with Crippen molar-refractivity contribution in [3.8, 4) is 11.1 Å². The molecule has 2 aromatic rings. The van der Waals surface area contributed by atoms with Crippen LogP contribution < -0.4 is 5.56 Å². The number of carbonyl (C=O) groups is 2. The van der Waals surface area contributed by atoms with Gasteiger partial charge in [0.15, 0.2) is 0 Å². The number of benzene rings is 1. The van der Waals surface area contributed by atoms with E-state index in [0.29, 0.717) is 30.6 Å². The first-order chi connectivity index (χ1) is 19.6. The van der Waals surface area contributed by atoms with E-state index >= 15 is 0 Å². The molecule has 2 unspecified atom stereocenters. The highest BCUT2D eigenvalue weighted by molar-refractivity contribution is 6.00. The average Bonchev–Trinajstić information content (AvgIpc) is 3.45. The number of piperidine rings is 1. The zero-order valence-electron chi connectivity index (χ0n) is 24.8. The number of nitrogens with zero attached hydrogens (tertiary/aromatic N) is 3. The highest BCUT2D eigenvalue weighted by atomic mass is 16.5. The Labute approximate surface area is 243 Å². The number of rotatable bonds is 7. The van der Waals surface area contributed by atoms with Crippen LogP contribution in [0.5, 0.6) is 0 Å². The van der Waals surface area contributed by atoms with E-state index < -0.39 is 17.1 Å². The van der Waals surface area contributed by atoms with Gasteiger partial charge < -0.3 is 24.2 Å². The van der Waals surface area contributed by atoms with Crippen LogP contribution in [0.1, 0.15) is 81.5 Å². The normalized spacial score (nSPS) is 23.5. The van der Waals surface area contributed by atoms with Gasteiger partial charge in [0, 0.05) is 50.4 Å². The van der Waals surface area contributed by atoms with E-state index in [9.17, 15) is 19.5 Å². The molecule has 2 amide bonds. The molecular weight excluding hydrogens is 518 g/mol. The van der Waals surface area contributed by atoms with Crippen LogP contribution in [-0.2, 0) is 16.1 Å². The van der Waals surface area contributed by atoms with Crippen LogP contribution in [0.4, 0.5) is 0 Å². The Morgan fingerprint density at radius 2 is 1.73 bits per heavy atom. The molecule has 2 atom stereocenters. The van der Waals surface area contributed by atoms with Gasteiger partial charge in [-0.2, -0.15) is 0 Å². The zero-order valence-corrected chi connectivity index (χ0v) is 24.8. The Morgan fingerprint density at radius 3 is 2.39 bits per heavy atom. The van der Waals surface area contributed by atoms with Gasteiger partial charge >= 0.3 is 0 Å². The molecule has 8 nitrogen and oxygen atoms in total. The Bertz CT molecular complexity index is 1290. The van der Waals surface area contributed by atoms with Crippen LogP contribution in [0.25, 0.3) is 11.1 Å². The molecule has 0 radical (unpaired) electrons. The van der Waals surface area contributed by atoms with E-state index in [0.717, 1.165) is 56.9 Å². The first-order valence-corrected chi connectivity index (χ1v) is 15.3. The van der Waals surface area contributed by atoms with Gasteiger partial charge in [-0.1, -0.05) is 62.4 Å². The van der Waals surface area contributed by atoms with Crippen molar-refractivity contribution in [2.24, 2.45) is 5.41 Å². The second-order valence-electron chi connectivity index (χ2n) is 12.7. The predicted octanol–water partition coefficient (Wildman–Crippen LogP) is 4.48. The highest BCUT2D eigenvalue weighted by Gasteiger charge is 2.56. The lowest BCUT2D eigenvalue weighted by Crippen LogP contribution is -2.63. The van der Waals surface area contributed by atoms with Gasteiger partial charge in [-0.15, -0.1) is 0 Å². The maximum Gasteiger partial charge on any atom is 0.255 e. The molecule has 1 saturated heterocycles. The highest BCUT2D eigenvalue weighted by Crippen LogP contribution is 2.51. The first-order valence-electron chi connectivity index (χ1n) is 15.3. The molecule has 41 heavy (non-hydrogen) atoms. The molecule has 3 aliphatic rings. The molecule has 2 heterocycles. The van der Waals surface area contributed by atoms with E-state index in [1.807, 2.05) is 42.2 Å². The lowest BCUT2D eigenvalue weighted by atomic mass is 9.65. The van der Waals surface area contributed by atoms with Crippen molar-refractivity contribution in [3.05, 3.63) is 58.5 Å². The predicted molar refractivity (Wildman–Crippen MR) is 159 cm³/mol. The Kier molecular flexibility index (Phi) is 8.71. The van der Waals surface area contributed by atoms with Gasteiger partial charge in [-0.3, -0.25) is 14.4 Å². The number of carbonyl (C=O) groups excluding carboxylic acids is 2. The molecule has 1 aromatic carbocycles. The summed E-state index contributed by atoms with van der Waals surface area (Å²) in [4.78, 5) is 43.6. The molecule has 3 fully saturated rings. The first kappa shape index (κ1) is 29.5. The second kappa shape index (κ2) is 12.1. The number of likely N-dealkylation sites (tertiary alicyclic amines) is 1. The molecule has 2 aliphatic carbocycles. The standard InChI is InChI=1S/C33H45N3O5/c1-24(41-26-14-8-5-9-15-26)30(38)35-19-18-33(40,32(22-35)16-10-11-17-32)23-36-21-28(31(39)34(2)3)27(20-29(36)37)25-12-6-4-7-13-25/h4,6-7,12-13,20-21,24,26,40H,5,8-11,14-19,22-23H2,1-3H3. The summed E-state index contributed by atoms with van der Waals surface area (Å²) in [5.41, 5.74) is -0.136. The SMILES string of the molecule is CC(OC1CCCCC1)C(=O)N1CCC(O)(Cn2cc(C(=O)N(C)C)c(-c3ccccc3)cc2=O)C2(CCCC2)C1. The fourth-order valence-corrected chi connectivity index (χ4v) is 7.34. The van der Waals surface area contributed by atoms with Crippen LogP contribution in [-0.4, -0.2) is 76.3 Å². The smallest absolute Gasteiger partial charge is 0.255 e. The molecule has 1 aliphatic heterocycles. The molecule has 2 saturated carbocycles. The van der Waals surface area contributed by atoms with Crippen LogP contribution in [0.3, 0.4) is 0 Å². The summed E-state index contributed by atoms with van der Waals surface area (Å²) in [7, 11) is 3.39. The number of hydrogen-bond acceptors (Lipinski definition) is 5. The van der Waals surface area contributed by atoms with Gasteiger partial charge in [0.2, 0.25) is 0 Å². The number of ether oxygens (including phenoxy) is 1. The van der Waals surface area contributed by atoms with Crippen molar-refractivity contribution in [1.29, 1.82) is 0 Å². The molecule has 1 spiro atoms. The third kappa shape index (κ3) is 6.00. The summed E-state index contributed by atoms with van der Waals surface area (Å²) < 4.78 is 7.70. The summed E-state index contributed by atoms with van der Waals surface area (Å²) in [6.07, 6.45) is 10.7. The fourth-order valence-electron chi connectivity index (χ4n) is 7.34. The largest absolute Gasteiger partial charge is 0.387 e. The van der Waals surface area contributed by atoms with Crippen molar-refractivity contribution >= 4 is 11.8 Å². The number of amides is 2. The van der Waals surface area contributed by atoms with Gasteiger partial charge in [0.05, 0.1) is 23.8 Å². The molecule has 8 heteroatoms. The van der Waals surface area contributed by atoms with Gasteiger partial charge in [-0.25, -0.2) is 0 Å². The van der Waals surface area contributed by atoms with Crippen molar-refractivity contribution in [3.63, 3.8) is 0 Å². The summed E-state index contributed by atoms with van der Waals surface area (Å²) in [6.45, 7) is 2.82. The minimum absolute atomic E-state index is 0.00727. The van der Waals surface area contributed by atoms with E-state index in [1.165, 1.54) is 22.0 Å². The van der Waals surface area contributed by atoms with Crippen LogP contribution in [0, 0.1) is 5.41 Å². The third-order valence-corrected chi connectivity index (χ3v) is 9.72. The number of hydrogen-bond donors (Lipinski definition) is 1. The molecule has 222 valence electrons. The zero-order chi connectivity index (χ0) is 29.2. The monoisotopic (exact) mass is 563 g/mol. The fraction of sp³-hybridized carbons (Fsp3) is 0.606. The maximum absolute atomic E-state index is 13.5. The van der Waals surface area contributed by atoms with Gasteiger partial charge in [-0.05, 0) is 44.6 Å². The van der Waals surface area contributed by atoms with E-state index in [1.54, 1.807) is 20.3 Å². The Hall–Kier alpha value is -2.97. The average molecular weight is 564 g/mol. The van der Waals surface area contributed by atoms with Crippen LogP contribution in [0.15, 0.2) is 47.4 Å². The minimum Gasteiger partial charge on any atom is -0.387 e. The number of aliphatic hydroxyl groups is 1. The summed E-state index contributed by atoms with van der Waals surface area (Å²) in [6, 6.07) is 11.0. The molecular formula is C33H45N3O5. The number of aromatic nitrogens is 1. The third-order valence-electron chi connectivity index (χ3n) is 9.72. The van der Waals surface area contributed by atoms with Crippen molar-refractivity contribution in [2.45, 2.75) is 95.5 Å². The topological polar surface area (TPSA) is 92.1 Å². The van der Waals surface area contributed by atoms with Crippen molar-refractivity contribution < 1.29 is 19.4 Å². The van der Waals surface area contributed by atoms with E-state index in [4.69, 9.17) is 4.74 Å². The Morgan fingerprint density at radius 1 is 1.05 bits per heavy atom. The summed E-state index contributed by atoms with van der Waals surface area (Å²) in [5.74, 6) is -0.209. The number of pyridine rings is 1. The second-order valence-corrected chi connectivity index (χ2v) is 12.7. The summed E-state index contributed by atoms with van der Waals surface area (Å²) in [5, 5.41) is 12.3. The van der Waals surface area contributed by atoms with E-state index in [2.05, 4.69) is 0 Å². The van der Waals surface area contributed by atoms with Gasteiger partial charge in [0.25, 0.3) is 17.4 Å².